The Labute approximate surface area is 122 Å². The number of hydrogen-bond donors (Lipinski definition) is 1. The van der Waals surface area contributed by atoms with Crippen molar-refractivity contribution in [2.24, 2.45) is 5.73 Å². The van der Waals surface area contributed by atoms with Gasteiger partial charge in [0.2, 0.25) is 0 Å². The Balaban J connectivity index is 2.13. The monoisotopic (exact) mass is 280 g/mol. The molecule has 1 atom stereocenters. The topological polar surface area (TPSA) is 29.3 Å². The highest BCUT2D eigenvalue weighted by atomic mass is 32.1. The fraction of sp³-hybridized carbons (Fsp3) is 0.750. The summed E-state index contributed by atoms with van der Waals surface area (Å²) in [4.78, 5) is 4.02. The Morgan fingerprint density at radius 3 is 2.42 bits per heavy atom. The summed E-state index contributed by atoms with van der Waals surface area (Å²) in [7, 11) is 2.28. The summed E-state index contributed by atoms with van der Waals surface area (Å²) in [6, 6.07) is 4.87. The maximum Gasteiger partial charge on any atom is 0.0416 e. The van der Waals surface area contributed by atoms with Crippen molar-refractivity contribution in [2.75, 3.05) is 13.6 Å². The van der Waals surface area contributed by atoms with E-state index in [0.29, 0.717) is 6.04 Å². The molecule has 1 aromatic heterocycles. The molecule has 0 spiro atoms. The second-order valence-corrected chi connectivity index (χ2v) is 6.98. The quantitative estimate of drug-likeness (QED) is 0.896. The molecule has 3 heteroatoms. The van der Waals surface area contributed by atoms with Crippen LogP contribution in [0.3, 0.4) is 0 Å². The van der Waals surface area contributed by atoms with E-state index < -0.39 is 0 Å². The molecule has 2 N–H and O–H groups in total. The number of likely N-dealkylation sites (N-methyl/N-ethyl adjacent to an activating group) is 1. The van der Waals surface area contributed by atoms with Gasteiger partial charge >= 0.3 is 0 Å². The fourth-order valence-corrected chi connectivity index (χ4v) is 4.22. The van der Waals surface area contributed by atoms with E-state index in [9.17, 15) is 0 Å². The van der Waals surface area contributed by atoms with Crippen molar-refractivity contribution in [3.8, 4) is 0 Å². The fourth-order valence-electron chi connectivity index (χ4n) is 3.39. The van der Waals surface area contributed by atoms with Crippen molar-refractivity contribution in [1.29, 1.82) is 0 Å². The third kappa shape index (κ3) is 3.39. The first-order valence-corrected chi connectivity index (χ1v) is 8.54. The third-order valence-corrected chi connectivity index (χ3v) is 5.99. The molecule has 0 aliphatic heterocycles. The van der Waals surface area contributed by atoms with Crippen LogP contribution in [0.4, 0.5) is 0 Å². The lowest BCUT2D eigenvalue weighted by molar-refractivity contribution is 0.0597. The van der Waals surface area contributed by atoms with E-state index in [1.54, 1.807) is 0 Å². The zero-order valence-corrected chi connectivity index (χ0v) is 13.2. The Bertz CT molecular complexity index is 353. The lowest BCUT2D eigenvalue weighted by atomic mass is 9.82. The first-order valence-electron chi connectivity index (χ1n) is 7.66. The first-order chi connectivity index (χ1) is 9.19. The van der Waals surface area contributed by atoms with Crippen molar-refractivity contribution in [3.63, 3.8) is 0 Å². The van der Waals surface area contributed by atoms with Gasteiger partial charge in [0.25, 0.3) is 0 Å². The van der Waals surface area contributed by atoms with Gasteiger partial charge < -0.3 is 5.73 Å². The van der Waals surface area contributed by atoms with Gasteiger partial charge in [0.15, 0.2) is 0 Å². The van der Waals surface area contributed by atoms with Crippen molar-refractivity contribution in [1.82, 2.24) is 4.90 Å². The highest BCUT2D eigenvalue weighted by Crippen LogP contribution is 2.36. The van der Waals surface area contributed by atoms with Gasteiger partial charge in [0.05, 0.1) is 0 Å². The summed E-state index contributed by atoms with van der Waals surface area (Å²) >= 11 is 1.86. The van der Waals surface area contributed by atoms with Crippen LogP contribution in [0.2, 0.25) is 0 Å². The molecule has 1 fully saturated rings. The molecule has 0 aromatic carbocycles. The lowest BCUT2D eigenvalue weighted by Gasteiger charge is -2.45. The highest BCUT2D eigenvalue weighted by Gasteiger charge is 2.36. The highest BCUT2D eigenvalue weighted by molar-refractivity contribution is 7.10. The average molecular weight is 280 g/mol. The van der Waals surface area contributed by atoms with E-state index in [1.165, 1.54) is 49.8 Å². The Morgan fingerprint density at radius 2 is 1.89 bits per heavy atom. The molecular weight excluding hydrogens is 252 g/mol. The number of nitrogens with two attached hydrogens (primary N) is 1. The van der Waals surface area contributed by atoms with Crippen LogP contribution in [-0.2, 0) is 0 Å². The molecule has 19 heavy (non-hydrogen) atoms. The molecule has 0 radical (unpaired) electrons. The average Bonchev–Trinajstić information content (AvgIpc) is 2.92. The molecular formula is C16H28N2S. The maximum absolute atomic E-state index is 6.21. The van der Waals surface area contributed by atoms with Crippen LogP contribution in [0.25, 0.3) is 0 Å². The number of rotatable bonds is 4. The van der Waals surface area contributed by atoms with Crippen LogP contribution in [0, 0.1) is 0 Å². The van der Waals surface area contributed by atoms with Crippen LogP contribution in [0.15, 0.2) is 17.5 Å². The second kappa shape index (κ2) is 6.87. The maximum atomic E-state index is 6.21. The molecule has 1 unspecified atom stereocenters. The summed E-state index contributed by atoms with van der Waals surface area (Å²) in [5.41, 5.74) is 6.42. The van der Waals surface area contributed by atoms with Gasteiger partial charge in [-0.05, 0) is 38.3 Å². The number of nitrogens with zero attached hydrogens (tertiary/aromatic N) is 1. The van der Waals surface area contributed by atoms with Crippen LogP contribution < -0.4 is 5.73 Å². The zero-order valence-electron chi connectivity index (χ0n) is 12.4. The van der Waals surface area contributed by atoms with Gasteiger partial charge in [0.1, 0.15) is 0 Å². The minimum atomic E-state index is 0.212. The minimum Gasteiger partial charge on any atom is -0.329 e. The van der Waals surface area contributed by atoms with Crippen LogP contribution in [-0.4, -0.2) is 24.0 Å². The van der Waals surface area contributed by atoms with Crippen molar-refractivity contribution >= 4 is 11.3 Å². The standard InChI is InChI=1S/C16H28N2S/c1-14(15-9-8-12-19-15)18(2)16(13-17)10-6-4-3-5-7-11-16/h8-9,12,14H,3-7,10-11,13,17H2,1-2H3. The zero-order chi connectivity index (χ0) is 13.7. The Kier molecular flexibility index (Phi) is 5.43. The molecule has 2 rings (SSSR count). The second-order valence-electron chi connectivity index (χ2n) is 6.00. The summed E-state index contributed by atoms with van der Waals surface area (Å²) in [5.74, 6) is 0. The van der Waals surface area contributed by atoms with Gasteiger partial charge in [-0.25, -0.2) is 0 Å². The molecule has 1 aromatic rings. The molecule has 1 aliphatic rings. The van der Waals surface area contributed by atoms with E-state index in [-0.39, 0.29) is 5.54 Å². The van der Waals surface area contributed by atoms with E-state index >= 15 is 0 Å². The van der Waals surface area contributed by atoms with Crippen LogP contribution in [0.1, 0.15) is 62.8 Å². The third-order valence-electron chi connectivity index (χ3n) is 4.95. The van der Waals surface area contributed by atoms with Gasteiger partial charge in [-0.3, -0.25) is 4.90 Å². The number of thiophene rings is 1. The predicted molar refractivity (Wildman–Crippen MR) is 84.6 cm³/mol. The van der Waals surface area contributed by atoms with Gasteiger partial charge in [-0.1, -0.05) is 38.2 Å². The molecule has 108 valence electrons. The molecule has 2 nitrogen and oxygen atoms in total. The first kappa shape index (κ1) is 15.0. The Morgan fingerprint density at radius 1 is 1.26 bits per heavy atom. The molecule has 0 bridgehead atoms. The van der Waals surface area contributed by atoms with Gasteiger partial charge in [-0.15, -0.1) is 11.3 Å². The largest absolute Gasteiger partial charge is 0.329 e. The van der Waals surface area contributed by atoms with Crippen LogP contribution in [0.5, 0.6) is 0 Å². The van der Waals surface area contributed by atoms with Gasteiger partial charge in [0, 0.05) is 23.0 Å². The predicted octanol–water partition coefficient (Wildman–Crippen LogP) is 4.18. The minimum absolute atomic E-state index is 0.212. The SMILES string of the molecule is CC(c1cccs1)N(C)C1(CN)CCCCCCC1. The van der Waals surface area contributed by atoms with E-state index in [0.717, 1.165) is 6.54 Å². The molecule has 0 amide bonds. The van der Waals surface area contributed by atoms with Crippen molar-refractivity contribution in [2.45, 2.75) is 63.5 Å². The Hall–Kier alpha value is -0.380. The van der Waals surface area contributed by atoms with Crippen molar-refractivity contribution in [3.05, 3.63) is 22.4 Å². The van der Waals surface area contributed by atoms with E-state index in [1.807, 2.05) is 11.3 Å². The van der Waals surface area contributed by atoms with Crippen molar-refractivity contribution < 1.29 is 0 Å². The molecule has 1 saturated carbocycles. The van der Waals surface area contributed by atoms with E-state index in [4.69, 9.17) is 5.73 Å². The molecule has 1 heterocycles. The van der Waals surface area contributed by atoms with Crippen LogP contribution >= 0.6 is 11.3 Å². The smallest absolute Gasteiger partial charge is 0.0416 e. The lowest BCUT2D eigenvalue weighted by Crippen LogP contribution is -2.53. The van der Waals surface area contributed by atoms with E-state index in [2.05, 4.69) is 36.4 Å². The summed E-state index contributed by atoms with van der Waals surface area (Å²) in [6.45, 7) is 3.11. The van der Waals surface area contributed by atoms with Gasteiger partial charge in [-0.2, -0.15) is 0 Å². The number of hydrogen-bond acceptors (Lipinski definition) is 3. The molecule has 1 aliphatic carbocycles. The molecule has 0 saturated heterocycles. The summed E-state index contributed by atoms with van der Waals surface area (Å²) < 4.78 is 0. The summed E-state index contributed by atoms with van der Waals surface area (Å²) in [5, 5.41) is 2.17. The summed E-state index contributed by atoms with van der Waals surface area (Å²) in [6.07, 6.45) is 9.35. The normalized spacial score (nSPS) is 21.9.